The molecule has 0 unspecified atom stereocenters. The molecule has 0 amide bonds. The highest BCUT2D eigenvalue weighted by Gasteiger charge is 2.12. The molecule has 0 radical (unpaired) electrons. The van der Waals surface area contributed by atoms with E-state index in [1.165, 1.54) is 0 Å². The van der Waals surface area contributed by atoms with E-state index in [4.69, 9.17) is 13.9 Å². The highest BCUT2D eigenvalue weighted by molar-refractivity contribution is 9.10. The van der Waals surface area contributed by atoms with Crippen molar-refractivity contribution in [3.05, 3.63) is 46.8 Å². The minimum absolute atomic E-state index is 0.149. The molecule has 18 heavy (non-hydrogen) atoms. The van der Waals surface area contributed by atoms with Crippen molar-refractivity contribution in [2.24, 2.45) is 0 Å². The lowest BCUT2D eigenvalue weighted by atomic mass is 10.3. The number of hydrogen-bond acceptors (Lipinski definition) is 4. The van der Waals surface area contributed by atoms with E-state index in [0.29, 0.717) is 17.0 Å². The Labute approximate surface area is 113 Å². The van der Waals surface area contributed by atoms with Gasteiger partial charge in [0.05, 0.1) is 6.61 Å². The molecule has 5 heteroatoms. The molecule has 1 aromatic heterocycles. The predicted octanol–water partition coefficient (Wildman–Crippen LogP) is 3.66. The van der Waals surface area contributed by atoms with E-state index in [1.807, 2.05) is 6.92 Å². The second-order valence-corrected chi connectivity index (χ2v) is 4.18. The Morgan fingerprint density at radius 2 is 1.83 bits per heavy atom. The summed E-state index contributed by atoms with van der Waals surface area (Å²) in [5.41, 5.74) is 0. The molecule has 1 aromatic carbocycles. The third-order valence-electron chi connectivity index (χ3n) is 2.12. The van der Waals surface area contributed by atoms with E-state index in [9.17, 15) is 4.79 Å². The first kappa shape index (κ1) is 12.7. The minimum Gasteiger partial charge on any atom is -0.494 e. The van der Waals surface area contributed by atoms with Gasteiger partial charge in [0.15, 0.2) is 4.67 Å². The highest BCUT2D eigenvalue weighted by atomic mass is 79.9. The lowest BCUT2D eigenvalue weighted by molar-refractivity contribution is 0.0700. The molecule has 0 N–H and O–H groups in total. The van der Waals surface area contributed by atoms with Crippen LogP contribution in [-0.2, 0) is 0 Å². The van der Waals surface area contributed by atoms with Gasteiger partial charge in [0, 0.05) is 0 Å². The molecule has 0 atom stereocenters. The van der Waals surface area contributed by atoms with Gasteiger partial charge in [-0.3, -0.25) is 0 Å². The van der Waals surface area contributed by atoms with Crippen molar-refractivity contribution in [2.75, 3.05) is 6.61 Å². The molecule has 4 nitrogen and oxygen atoms in total. The first-order valence-electron chi connectivity index (χ1n) is 5.39. The van der Waals surface area contributed by atoms with Gasteiger partial charge in [-0.15, -0.1) is 0 Å². The van der Waals surface area contributed by atoms with Crippen LogP contribution in [0.25, 0.3) is 0 Å². The number of esters is 1. The average Bonchev–Trinajstić information content (AvgIpc) is 2.79. The fraction of sp³-hybridized carbons (Fsp3) is 0.154. The van der Waals surface area contributed by atoms with Gasteiger partial charge in [0.25, 0.3) is 0 Å². The molecule has 2 aromatic rings. The molecule has 0 aliphatic carbocycles. The minimum atomic E-state index is -0.537. The summed E-state index contributed by atoms with van der Waals surface area (Å²) in [6.45, 7) is 2.50. The number of rotatable bonds is 4. The zero-order valence-electron chi connectivity index (χ0n) is 9.68. The molecule has 0 saturated carbocycles. The summed E-state index contributed by atoms with van der Waals surface area (Å²) in [5, 5.41) is 0. The standard InChI is InChI=1S/C13H11BrO4/c1-2-16-9-3-5-10(6-4-9)17-13(15)11-7-8-12(14)18-11/h3-8H,2H2,1H3. The van der Waals surface area contributed by atoms with E-state index in [0.717, 1.165) is 5.75 Å². The van der Waals surface area contributed by atoms with E-state index >= 15 is 0 Å². The van der Waals surface area contributed by atoms with Crippen LogP contribution in [0.3, 0.4) is 0 Å². The predicted molar refractivity (Wildman–Crippen MR) is 69.0 cm³/mol. The number of carbonyl (C=O) groups excluding carboxylic acids is 1. The van der Waals surface area contributed by atoms with Gasteiger partial charge < -0.3 is 13.9 Å². The Morgan fingerprint density at radius 1 is 1.17 bits per heavy atom. The number of ether oxygens (including phenoxy) is 2. The Hall–Kier alpha value is -1.75. The second kappa shape index (κ2) is 5.73. The lowest BCUT2D eigenvalue weighted by Gasteiger charge is -2.05. The third kappa shape index (κ3) is 3.13. The fourth-order valence-corrected chi connectivity index (χ4v) is 1.66. The topological polar surface area (TPSA) is 48.7 Å². The van der Waals surface area contributed by atoms with Crippen molar-refractivity contribution in [3.63, 3.8) is 0 Å². The number of halogens is 1. The molecule has 0 spiro atoms. The molecule has 0 aliphatic heterocycles. The van der Waals surface area contributed by atoms with Crippen molar-refractivity contribution >= 4 is 21.9 Å². The quantitative estimate of drug-likeness (QED) is 0.638. The van der Waals surface area contributed by atoms with Crippen molar-refractivity contribution < 1.29 is 18.7 Å². The second-order valence-electron chi connectivity index (χ2n) is 3.40. The highest BCUT2D eigenvalue weighted by Crippen LogP contribution is 2.20. The van der Waals surface area contributed by atoms with E-state index in [1.54, 1.807) is 36.4 Å². The maximum atomic E-state index is 11.7. The summed E-state index contributed by atoms with van der Waals surface area (Å²) < 4.78 is 16.0. The molecule has 0 fully saturated rings. The molecule has 0 bridgehead atoms. The SMILES string of the molecule is CCOc1ccc(OC(=O)c2ccc(Br)o2)cc1. The fourth-order valence-electron chi connectivity index (χ4n) is 1.35. The average molecular weight is 311 g/mol. The van der Waals surface area contributed by atoms with E-state index in [-0.39, 0.29) is 5.76 Å². The summed E-state index contributed by atoms with van der Waals surface area (Å²) in [6, 6.07) is 9.99. The summed E-state index contributed by atoms with van der Waals surface area (Å²) in [6.07, 6.45) is 0. The number of furan rings is 1. The Bertz CT molecular complexity index is 530. The zero-order valence-corrected chi connectivity index (χ0v) is 11.3. The van der Waals surface area contributed by atoms with Gasteiger partial charge in [-0.2, -0.15) is 0 Å². The van der Waals surface area contributed by atoms with Gasteiger partial charge in [-0.05, 0) is 59.3 Å². The van der Waals surface area contributed by atoms with Crippen LogP contribution in [0.15, 0.2) is 45.5 Å². The Kier molecular flexibility index (Phi) is 4.04. The first-order chi connectivity index (χ1) is 8.69. The van der Waals surface area contributed by atoms with Crippen LogP contribution in [-0.4, -0.2) is 12.6 Å². The Balaban J connectivity index is 2.03. The van der Waals surface area contributed by atoms with Gasteiger partial charge in [-0.25, -0.2) is 4.79 Å². The van der Waals surface area contributed by atoms with Crippen LogP contribution >= 0.6 is 15.9 Å². The van der Waals surface area contributed by atoms with Crippen molar-refractivity contribution in [3.8, 4) is 11.5 Å². The first-order valence-corrected chi connectivity index (χ1v) is 6.18. The molecule has 2 rings (SSSR count). The molecule has 0 aliphatic rings. The lowest BCUT2D eigenvalue weighted by Crippen LogP contribution is -2.07. The molecular weight excluding hydrogens is 300 g/mol. The molecule has 94 valence electrons. The summed E-state index contributed by atoms with van der Waals surface area (Å²) in [5.74, 6) is 0.787. The van der Waals surface area contributed by atoms with Crippen LogP contribution in [0, 0.1) is 0 Å². The number of hydrogen-bond donors (Lipinski definition) is 0. The number of benzene rings is 1. The zero-order chi connectivity index (χ0) is 13.0. The van der Waals surface area contributed by atoms with Crippen LogP contribution in [0.2, 0.25) is 0 Å². The van der Waals surface area contributed by atoms with Crippen LogP contribution in [0.4, 0.5) is 0 Å². The molecular formula is C13H11BrO4. The maximum Gasteiger partial charge on any atom is 0.379 e. The van der Waals surface area contributed by atoms with Crippen LogP contribution in [0.1, 0.15) is 17.5 Å². The smallest absolute Gasteiger partial charge is 0.379 e. The van der Waals surface area contributed by atoms with Gasteiger partial charge in [0.1, 0.15) is 11.5 Å². The summed E-state index contributed by atoms with van der Waals surface area (Å²) in [4.78, 5) is 11.7. The Morgan fingerprint density at radius 3 is 2.39 bits per heavy atom. The molecule has 1 heterocycles. The normalized spacial score (nSPS) is 10.1. The summed E-state index contributed by atoms with van der Waals surface area (Å²) in [7, 11) is 0. The maximum absolute atomic E-state index is 11.7. The van der Waals surface area contributed by atoms with Crippen LogP contribution in [0.5, 0.6) is 11.5 Å². The monoisotopic (exact) mass is 310 g/mol. The van der Waals surface area contributed by atoms with Gasteiger partial charge >= 0.3 is 5.97 Å². The number of carbonyl (C=O) groups is 1. The third-order valence-corrected chi connectivity index (χ3v) is 2.55. The van der Waals surface area contributed by atoms with Crippen molar-refractivity contribution in [1.82, 2.24) is 0 Å². The molecule has 0 saturated heterocycles. The van der Waals surface area contributed by atoms with Crippen molar-refractivity contribution in [1.29, 1.82) is 0 Å². The van der Waals surface area contributed by atoms with Gasteiger partial charge in [0.2, 0.25) is 5.76 Å². The summed E-state index contributed by atoms with van der Waals surface area (Å²) >= 11 is 3.12. The van der Waals surface area contributed by atoms with E-state index in [2.05, 4.69) is 15.9 Å². The van der Waals surface area contributed by atoms with Gasteiger partial charge in [-0.1, -0.05) is 0 Å². The van der Waals surface area contributed by atoms with E-state index < -0.39 is 5.97 Å². The van der Waals surface area contributed by atoms with Crippen molar-refractivity contribution in [2.45, 2.75) is 6.92 Å². The van der Waals surface area contributed by atoms with Crippen LogP contribution < -0.4 is 9.47 Å². The largest absolute Gasteiger partial charge is 0.494 e.